The Kier molecular flexibility index (Phi) is 4.99. The summed E-state index contributed by atoms with van der Waals surface area (Å²) in [7, 11) is 4.06. The van der Waals surface area contributed by atoms with Gasteiger partial charge in [-0.2, -0.15) is 0 Å². The molecule has 0 aliphatic carbocycles. The Hall–Kier alpha value is -1.43. The van der Waals surface area contributed by atoms with Crippen LogP contribution in [0.3, 0.4) is 0 Å². The number of ether oxygens (including phenoxy) is 1. The third-order valence-electron chi connectivity index (χ3n) is 4.62. The first kappa shape index (κ1) is 16.4. The van der Waals surface area contributed by atoms with Crippen molar-refractivity contribution in [3.8, 4) is 0 Å². The maximum absolute atomic E-state index is 12.5. The van der Waals surface area contributed by atoms with Crippen molar-refractivity contribution in [3.05, 3.63) is 35.4 Å². The number of nitrogens with one attached hydrogen (secondary N) is 1. The van der Waals surface area contributed by atoms with Gasteiger partial charge in [-0.3, -0.25) is 9.69 Å². The lowest BCUT2D eigenvalue weighted by Gasteiger charge is -2.33. The molecule has 126 valence electrons. The van der Waals surface area contributed by atoms with Crippen molar-refractivity contribution < 1.29 is 9.53 Å². The molecule has 23 heavy (non-hydrogen) atoms. The molecule has 0 spiro atoms. The monoisotopic (exact) mass is 317 g/mol. The van der Waals surface area contributed by atoms with E-state index in [1.54, 1.807) is 0 Å². The molecule has 0 bridgehead atoms. The zero-order valence-corrected chi connectivity index (χ0v) is 14.3. The van der Waals surface area contributed by atoms with Crippen LogP contribution in [0.5, 0.6) is 0 Å². The Morgan fingerprint density at radius 2 is 2.22 bits per heavy atom. The van der Waals surface area contributed by atoms with Crippen molar-refractivity contribution >= 4 is 5.91 Å². The summed E-state index contributed by atoms with van der Waals surface area (Å²) >= 11 is 0. The van der Waals surface area contributed by atoms with Gasteiger partial charge < -0.3 is 15.0 Å². The minimum atomic E-state index is 0.0319. The van der Waals surface area contributed by atoms with Gasteiger partial charge in [-0.05, 0) is 45.1 Å². The van der Waals surface area contributed by atoms with Gasteiger partial charge in [0.25, 0.3) is 5.91 Å². The molecule has 5 heteroatoms. The number of nitrogens with zero attached hydrogens (tertiary/aromatic N) is 2. The lowest BCUT2D eigenvalue weighted by atomic mass is 10.1. The Morgan fingerprint density at radius 3 is 3.00 bits per heavy atom. The van der Waals surface area contributed by atoms with E-state index in [1.165, 1.54) is 0 Å². The van der Waals surface area contributed by atoms with E-state index in [0.717, 1.165) is 43.8 Å². The highest BCUT2D eigenvalue weighted by Crippen LogP contribution is 2.23. The quantitative estimate of drug-likeness (QED) is 0.910. The van der Waals surface area contributed by atoms with Crippen LogP contribution in [0.25, 0.3) is 0 Å². The van der Waals surface area contributed by atoms with E-state index in [9.17, 15) is 4.79 Å². The number of carbonyl (C=O) groups excluding carboxylic acids is 1. The highest BCUT2D eigenvalue weighted by atomic mass is 16.5. The second-order valence-corrected chi connectivity index (χ2v) is 7.10. The highest BCUT2D eigenvalue weighted by molar-refractivity contribution is 5.94. The molecule has 2 aliphatic heterocycles. The van der Waals surface area contributed by atoms with Gasteiger partial charge in [-0.25, -0.2) is 0 Å². The third kappa shape index (κ3) is 4.10. The third-order valence-corrected chi connectivity index (χ3v) is 4.62. The van der Waals surface area contributed by atoms with E-state index in [-0.39, 0.29) is 11.9 Å². The van der Waals surface area contributed by atoms with E-state index in [4.69, 9.17) is 4.74 Å². The molecule has 0 saturated carbocycles. The van der Waals surface area contributed by atoms with Gasteiger partial charge in [0.05, 0.1) is 12.7 Å². The molecule has 1 aromatic carbocycles. The molecule has 0 aromatic heterocycles. The summed E-state index contributed by atoms with van der Waals surface area (Å²) in [6.07, 6.45) is 1.28. The van der Waals surface area contributed by atoms with E-state index < -0.39 is 0 Å². The Bertz CT molecular complexity index is 561. The van der Waals surface area contributed by atoms with E-state index in [0.29, 0.717) is 12.1 Å². The highest BCUT2D eigenvalue weighted by Gasteiger charge is 2.36. The number of morpholine rings is 1. The van der Waals surface area contributed by atoms with Crippen molar-refractivity contribution in [2.75, 3.05) is 33.8 Å². The molecular formula is C18H27N3O2. The molecule has 3 atom stereocenters. The molecule has 1 amide bonds. The fraction of sp³-hybridized carbons (Fsp3) is 0.611. The first-order valence-electron chi connectivity index (χ1n) is 8.41. The first-order valence-corrected chi connectivity index (χ1v) is 8.41. The largest absolute Gasteiger partial charge is 0.376 e. The molecule has 1 aromatic rings. The summed E-state index contributed by atoms with van der Waals surface area (Å²) in [5.41, 5.74) is 1.91. The van der Waals surface area contributed by atoms with Gasteiger partial charge in [0.1, 0.15) is 0 Å². The number of rotatable bonds is 4. The van der Waals surface area contributed by atoms with Gasteiger partial charge in [-0.1, -0.05) is 12.1 Å². The molecule has 1 N–H and O–H groups in total. The van der Waals surface area contributed by atoms with Gasteiger partial charge >= 0.3 is 0 Å². The normalized spacial score (nSPS) is 27.9. The summed E-state index contributed by atoms with van der Waals surface area (Å²) in [6, 6.07) is 8.58. The molecule has 3 rings (SSSR count). The predicted octanol–water partition coefficient (Wildman–Crippen LogP) is 1.34. The van der Waals surface area contributed by atoms with E-state index in [1.807, 2.05) is 32.3 Å². The van der Waals surface area contributed by atoms with Crippen LogP contribution in [-0.2, 0) is 11.3 Å². The van der Waals surface area contributed by atoms with Crippen LogP contribution < -0.4 is 5.32 Å². The fourth-order valence-electron chi connectivity index (χ4n) is 3.59. The lowest BCUT2D eigenvalue weighted by molar-refractivity contribution is -0.0390. The number of hydrogen-bond donors (Lipinski definition) is 1. The van der Waals surface area contributed by atoms with Crippen LogP contribution >= 0.6 is 0 Å². The number of carbonyl (C=O) groups is 1. The van der Waals surface area contributed by atoms with E-state index in [2.05, 4.69) is 28.1 Å². The lowest BCUT2D eigenvalue weighted by Crippen LogP contribution is -2.45. The van der Waals surface area contributed by atoms with Crippen molar-refractivity contribution in [1.82, 2.24) is 15.1 Å². The second-order valence-electron chi connectivity index (χ2n) is 7.10. The zero-order valence-electron chi connectivity index (χ0n) is 14.3. The number of hydrogen-bond acceptors (Lipinski definition) is 4. The van der Waals surface area contributed by atoms with Crippen LogP contribution in [0.2, 0.25) is 0 Å². The Balaban J connectivity index is 1.59. The van der Waals surface area contributed by atoms with Gasteiger partial charge in [0, 0.05) is 37.3 Å². The average molecular weight is 317 g/mol. The van der Waals surface area contributed by atoms with Crippen molar-refractivity contribution in [3.63, 3.8) is 0 Å². The van der Waals surface area contributed by atoms with Gasteiger partial charge in [0.2, 0.25) is 0 Å². The van der Waals surface area contributed by atoms with Crippen LogP contribution in [0.4, 0.5) is 0 Å². The number of fused-ring (bicyclic) bond motifs is 1. The van der Waals surface area contributed by atoms with Crippen LogP contribution in [-0.4, -0.2) is 67.7 Å². The van der Waals surface area contributed by atoms with Gasteiger partial charge in [0.15, 0.2) is 0 Å². The molecular weight excluding hydrogens is 290 g/mol. The van der Waals surface area contributed by atoms with Gasteiger partial charge in [-0.15, -0.1) is 0 Å². The SMILES string of the molecule is C[C@H]1CN2C[C@H](NC(=O)c3cccc(CN(C)C)c3)C[C@H]2CO1. The minimum absolute atomic E-state index is 0.0319. The summed E-state index contributed by atoms with van der Waals surface area (Å²) in [4.78, 5) is 17.1. The Labute approximate surface area is 138 Å². The second kappa shape index (κ2) is 6.99. The van der Waals surface area contributed by atoms with Crippen LogP contribution in [0.15, 0.2) is 24.3 Å². The summed E-state index contributed by atoms with van der Waals surface area (Å²) in [5, 5.41) is 3.20. The maximum Gasteiger partial charge on any atom is 0.251 e. The smallest absolute Gasteiger partial charge is 0.251 e. The number of benzene rings is 1. The molecule has 2 aliphatic rings. The summed E-state index contributed by atoms with van der Waals surface area (Å²) in [5.74, 6) is 0.0319. The standard InChI is InChI=1S/C18H27N3O2/c1-13-9-21-11-16(8-17(21)12-23-13)19-18(22)15-6-4-5-14(7-15)10-20(2)3/h4-7,13,16-17H,8-12H2,1-3H3,(H,19,22)/t13-,16+,17-/m0/s1. The molecule has 2 heterocycles. The van der Waals surface area contributed by atoms with Crippen molar-refractivity contribution in [1.29, 1.82) is 0 Å². The molecule has 2 fully saturated rings. The molecule has 5 nitrogen and oxygen atoms in total. The zero-order chi connectivity index (χ0) is 16.4. The Morgan fingerprint density at radius 1 is 1.39 bits per heavy atom. The molecule has 0 unspecified atom stereocenters. The average Bonchev–Trinajstić information content (AvgIpc) is 2.88. The first-order chi connectivity index (χ1) is 11.0. The van der Waals surface area contributed by atoms with Crippen molar-refractivity contribution in [2.45, 2.75) is 38.1 Å². The number of amides is 1. The molecule has 2 saturated heterocycles. The van der Waals surface area contributed by atoms with Crippen LogP contribution in [0, 0.1) is 0 Å². The minimum Gasteiger partial charge on any atom is -0.376 e. The van der Waals surface area contributed by atoms with Crippen LogP contribution in [0.1, 0.15) is 29.3 Å². The summed E-state index contributed by atoms with van der Waals surface area (Å²) < 4.78 is 5.72. The fourth-order valence-corrected chi connectivity index (χ4v) is 3.59. The molecule has 0 radical (unpaired) electrons. The van der Waals surface area contributed by atoms with Crippen molar-refractivity contribution in [2.24, 2.45) is 0 Å². The van der Waals surface area contributed by atoms with E-state index >= 15 is 0 Å². The summed E-state index contributed by atoms with van der Waals surface area (Å²) in [6.45, 7) is 5.64. The topological polar surface area (TPSA) is 44.8 Å². The maximum atomic E-state index is 12.5. The predicted molar refractivity (Wildman–Crippen MR) is 90.5 cm³/mol.